The molecule has 1 aromatic carbocycles. The number of methoxy groups -OCH3 is 1. The lowest BCUT2D eigenvalue weighted by Gasteiger charge is -2.31. The zero-order chi connectivity index (χ0) is 14.5. The molecule has 1 fully saturated rings. The van der Waals surface area contributed by atoms with E-state index in [0.717, 1.165) is 17.2 Å². The van der Waals surface area contributed by atoms with Crippen LogP contribution < -0.4 is 10.1 Å². The number of halogens is 1. The molecule has 0 radical (unpaired) electrons. The first kappa shape index (κ1) is 15.3. The van der Waals surface area contributed by atoms with Crippen molar-refractivity contribution in [3.8, 4) is 5.75 Å². The number of nitrogens with one attached hydrogen (secondary N) is 1. The summed E-state index contributed by atoms with van der Waals surface area (Å²) in [4.78, 5) is 0. The summed E-state index contributed by atoms with van der Waals surface area (Å²) in [7, 11) is 1.63. The van der Waals surface area contributed by atoms with Crippen LogP contribution in [-0.4, -0.2) is 13.2 Å². The fraction of sp³-hybridized carbons (Fsp3) is 0.647. The van der Waals surface area contributed by atoms with Gasteiger partial charge in [0.25, 0.3) is 0 Å². The van der Waals surface area contributed by atoms with Crippen LogP contribution in [-0.2, 0) is 0 Å². The van der Waals surface area contributed by atoms with Crippen molar-refractivity contribution >= 4 is 0 Å². The molecule has 1 saturated carbocycles. The SMILES string of the molecule is CCC1CCC(NC(C)c2cc(F)ccc2OC)CC1. The van der Waals surface area contributed by atoms with Gasteiger partial charge >= 0.3 is 0 Å². The second-order valence-electron chi connectivity index (χ2n) is 5.90. The third-order valence-corrected chi connectivity index (χ3v) is 4.57. The molecule has 0 heterocycles. The Hall–Kier alpha value is -1.09. The summed E-state index contributed by atoms with van der Waals surface area (Å²) in [5, 5.41) is 3.64. The minimum absolute atomic E-state index is 0.115. The molecule has 0 spiro atoms. The molecule has 3 heteroatoms. The van der Waals surface area contributed by atoms with E-state index in [-0.39, 0.29) is 11.9 Å². The van der Waals surface area contributed by atoms with Gasteiger partial charge in [-0.25, -0.2) is 4.39 Å². The molecule has 1 aliphatic rings. The Bertz CT molecular complexity index is 427. The molecule has 20 heavy (non-hydrogen) atoms. The first-order chi connectivity index (χ1) is 9.63. The number of benzene rings is 1. The van der Waals surface area contributed by atoms with Gasteiger partial charge in [-0.1, -0.05) is 13.3 Å². The molecule has 1 aromatic rings. The highest BCUT2D eigenvalue weighted by Crippen LogP contribution is 2.30. The van der Waals surface area contributed by atoms with Gasteiger partial charge in [0.05, 0.1) is 7.11 Å². The molecule has 0 bridgehead atoms. The van der Waals surface area contributed by atoms with Gasteiger partial charge in [0.2, 0.25) is 0 Å². The summed E-state index contributed by atoms with van der Waals surface area (Å²) in [6, 6.07) is 5.39. The van der Waals surface area contributed by atoms with Crippen molar-refractivity contribution in [1.29, 1.82) is 0 Å². The van der Waals surface area contributed by atoms with Crippen LogP contribution in [0.3, 0.4) is 0 Å². The van der Waals surface area contributed by atoms with E-state index in [2.05, 4.69) is 19.2 Å². The van der Waals surface area contributed by atoms with E-state index in [1.807, 2.05) is 0 Å². The predicted molar refractivity (Wildman–Crippen MR) is 80.5 cm³/mol. The van der Waals surface area contributed by atoms with Crippen molar-refractivity contribution in [2.75, 3.05) is 7.11 Å². The topological polar surface area (TPSA) is 21.3 Å². The molecule has 0 aliphatic heterocycles. The lowest BCUT2D eigenvalue weighted by atomic mass is 9.84. The lowest BCUT2D eigenvalue weighted by molar-refractivity contribution is 0.271. The lowest BCUT2D eigenvalue weighted by Crippen LogP contribution is -2.35. The molecule has 0 aromatic heterocycles. The van der Waals surface area contributed by atoms with Gasteiger partial charge in [0.15, 0.2) is 0 Å². The minimum Gasteiger partial charge on any atom is -0.496 e. The maximum absolute atomic E-state index is 13.4. The fourth-order valence-electron chi connectivity index (χ4n) is 3.22. The third kappa shape index (κ3) is 3.72. The molecule has 0 saturated heterocycles. The highest BCUT2D eigenvalue weighted by molar-refractivity contribution is 5.36. The number of rotatable bonds is 5. The first-order valence-corrected chi connectivity index (χ1v) is 7.73. The van der Waals surface area contributed by atoms with Crippen molar-refractivity contribution in [3.63, 3.8) is 0 Å². The smallest absolute Gasteiger partial charge is 0.123 e. The van der Waals surface area contributed by atoms with Gasteiger partial charge in [-0.3, -0.25) is 0 Å². The highest BCUT2D eigenvalue weighted by atomic mass is 19.1. The van der Waals surface area contributed by atoms with Crippen LogP contribution in [0.1, 0.15) is 57.6 Å². The van der Waals surface area contributed by atoms with E-state index in [4.69, 9.17) is 4.74 Å². The monoisotopic (exact) mass is 279 g/mol. The number of hydrogen-bond donors (Lipinski definition) is 1. The predicted octanol–water partition coefficient (Wildman–Crippen LogP) is 4.45. The summed E-state index contributed by atoms with van der Waals surface area (Å²) >= 11 is 0. The van der Waals surface area contributed by atoms with Crippen molar-refractivity contribution in [3.05, 3.63) is 29.6 Å². The molecular weight excluding hydrogens is 253 g/mol. The maximum atomic E-state index is 13.4. The molecule has 1 N–H and O–H groups in total. The quantitative estimate of drug-likeness (QED) is 0.859. The standard InChI is InChI=1S/C17H26FNO/c1-4-13-5-8-15(9-6-13)19-12(2)16-11-14(18)7-10-17(16)20-3/h7,10-13,15,19H,4-6,8-9H2,1-3H3. The Morgan fingerprint density at radius 2 is 2.00 bits per heavy atom. The molecule has 2 nitrogen and oxygen atoms in total. The Labute approximate surface area is 121 Å². The zero-order valence-corrected chi connectivity index (χ0v) is 12.8. The average Bonchev–Trinajstić information content (AvgIpc) is 2.48. The van der Waals surface area contributed by atoms with Crippen molar-refractivity contribution in [2.45, 2.75) is 58.0 Å². The van der Waals surface area contributed by atoms with Crippen molar-refractivity contribution in [1.82, 2.24) is 5.32 Å². The van der Waals surface area contributed by atoms with Gasteiger partial charge in [0, 0.05) is 17.6 Å². The van der Waals surface area contributed by atoms with Crippen LogP contribution in [0, 0.1) is 11.7 Å². The Morgan fingerprint density at radius 1 is 1.30 bits per heavy atom. The zero-order valence-electron chi connectivity index (χ0n) is 12.8. The highest BCUT2D eigenvalue weighted by Gasteiger charge is 2.22. The van der Waals surface area contributed by atoms with Crippen LogP contribution in [0.5, 0.6) is 5.75 Å². The Kier molecular flexibility index (Phi) is 5.41. The average molecular weight is 279 g/mol. The Balaban J connectivity index is 1.98. The van der Waals surface area contributed by atoms with Crippen LogP contribution in [0.15, 0.2) is 18.2 Å². The molecule has 1 unspecified atom stereocenters. The van der Waals surface area contributed by atoms with Crippen LogP contribution in [0.25, 0.3) is 0 Å². The van der Waals surface area contributed by atoms with E-state index in [9.17, 15) is 4.39 Å². The minimum atomic E-state index is -0.204. The second kappa shape index (κ2) is 7.07. The van der Waals surface area contributed by atoms with Crippen molar-refractivity contribution < 1.29 is 9.13 Å². The summed E-state index contributed by atoms with van der Waals surface area (Å²) in [5.74, 6) is 1.45. The molecular formula is C17H26FNO. The summed E-state index contributed by atoms with van der Waals surface area (Å²) in [6.07, 6.45) is 6.35. The van der Waals surface area contributed by atoms with Crippen molar-refractivity contribution in [2.24, 2.45) is 5.92 Å². The largest absolute Gasteiger partial charge is 0.496 e. The normalized spacial score (nSPS) is 24.4. The summed E-state index contributed by atoms with van der Waals surface area (Å²) in [6.45, 7) is 4.36. The van der Waals surface area contributed by atoms with Gasteiger partial charge < -0.3 is 10.1 Å². The van der Waals surface area contributed by atoms with Gasteiger partial charge in [0.1, 0.15) is 11.6 Å². The van der Waals surface area contributed by atoms with Crippen LogP contribution >= 0.6 is 0 Å². The molecule has 2 rings (SSSR count). The fourth-order valence-corrected chi connectivity index (χ4v) is 3.22. The van der Waals surface area contributed by atoms with Gasteiger partial charge in [-0.05, 0) is 56.7 Å². The second-order valence-corrected chi connectivity index (χ2v) is 5.90. The van der Waals surface area contributed by atoms with E-state index >= 15 is 0 Å². The molecule has 1 atom stereocenters. The number of ether oxygens (including phenoxy) is 1. The maximum Gasteiger partial charge on any atom is 0.123 e. The molecule has 0 amide bonds. The van der Waals surface area contributed by atoms with E-state index in [1.165, 1.54) is 38.2 Å². The molecule has 112 valence electrons. The summed E-state index contributed by atoms with van der Waals surface area (Å²) in [5.41, 5.74) is 0.908. The first-order valence-electron chi connectivity index (χ1n) is 7.73. The summed E-state index contributed by atoms with van der Waals surface area (Å²) < 4.78 is 18.8. The molecule has 1 aliphatic carbocycles. The van der Waals surface area contributed by atoms with E-state index < -0.39 is 0 Å². The Morgan fingerprint density at radius 3 is 2.60 bits per heavy atom. The van der Waals surface area contributed by atoms with E-state index in [1.54, 1.807) is 19.2 Å². The van der Waals surface area contributed by atoms with E-state index in [0.29, 0.717) is 6.04 Å². The van der Waals surface area contributed by atoms with Gasteiger partial charge in [-0.2, -0.15) is 0 Å². The third-order valence-electron chi connectivity index (χ3n) is 4.57. The number of hydrogen-bond acceptors (Lipinski definition) is 2. The van der Waals surface area contributed by atoms with Crippen LogP contribution in [0.2, 0.25) is 0 Å². The van der Waals surface area contributed by atoms with Gasteiger partial charge in [-0.15, -0.1) is 0 Å². The van der Waals surface area contributed by atoms with Crippen LogP contribution in [0.4, 0.5) is 4.39 Å².